The highest BCUT2D eigenvalue weighted by Gasteiger charge is 2.26. The van der Waals surface area contributed by atoms with Gasteiger partial charge in [-0.25, -0.2) is 8.78 Å². The molecule has 0 spiro atoms. The fraction of sp³-hybridized carbons (Fsp3) is 0.115. The van der Waals surface area contributed by atoms with E-state index in [1.54, 1.807) is 24.3 Å². The lowest BCUT2D eigenvalue weighted by Gasteiger charge is -2.30. The van der Waals surface area contributed by atoms with Crippen LogP contribution in [0.5, 0.6) is 0 Å². The van der Waals surface area contributed by atoms with Crippen LogP contribution in [0.1, 0.15) is 16.7 Å². The van der Waals surface area contributed by atoms with Gasteiger partial charge >= 0.3 is 0 Å². The lowest BCUT2D eigenvalue weighted by Crippen LogP contribution is -2.37. The van der Waals surface area contributed by atoms with Gasteiger partial charge in [0, 0.05) is 30.8 Å². The summed E-state index contributed by atoms with van der Waals surface area (Å²) in [7, 11) is 0. The van der Waals surface area contributed by atoms with Gasteiger partial charge in [0.2, 0.25) is 0 Å². The number of ketones is 1. The Hall–Kier alpha value is -3.37. The SMILES string of the molecule is O=C1C(=Cc2ccc(F)cc2)CN(Cc2ccccc2)CC1=Cc1ccc(F)cc1. The quantitative estimate of drug-likeness (QED) is 0.537. The minimum atomic E-state index is -0.310. The molecular formula is C26H21F2NO. The third kappa shape index (κ3) is 4.97. The van der Waals surface area contributed by atoms with E-state index in [4.69, 9.17) is 0 Å². The predicted octanol–water partition coefficient (Wildman–Crippen LogP) is 5.52. The van der Waals surface area contributed by atoms with E-state index in [-0.39, 0.29) is 17.4 Å². The number of carbonyl (C=O) groups is 1. The number of carbonyl (C=O) groups excluding carboxylic acids is 1. The van der Waals surface area contributed by atoms with Crippen molar-refractivity contribution in [3.63, 3.8) is 0 Å². The van der Waals surface area contributed by atoms with Crippen LogP contribution >= 0.6 is 0 Å². The molecule has 30 heavy (non-hydrogen) atoms. The number of Topliss-reactive ketones (excluding diaryl/α,β-unsaturated/α-hetero) is 1. The second-order valence-electron chi connectivity index (χ2n) is 7.40. The van der Waals surface area contributed by atoms with Crippen molar-refractivity contribution in [2.24, 2.45) is 0 Å². The molecule has 3 aromatic carbocycles. The van der Waals surface area contributed by atoms with Crippen LogP contribution in [-0.2, 0) is 11.3 Å². The van der Waals surface area contributed by atoms with Gasteiger partial charge in [-0.1, -0.05) is 54.6 Å². The number of piperidine rings is 1. The van der Waals surface area contributed by atoms with E-state index in [0.29, 0.717) is 30.8 Å². The first-order chi connectivity index (χ1) is 14.6. The Morgan fingerprint density at radius 2 is 1.17 bits per heavy atom. The normalized spacial score (nSPS) is 17.6. The first-order valence-electron chi connectivity index (χ1n) is 9.80. The highest BCUT2D eigenvalue weighted by atomic mass is 19.1. The van der Waals surface area contributed by atoms with Crippen LogP contribution in [0.2, 0.25) is 0 Å². The molecule has 1 aliphatic heterocycles. The Morgan fingerprint density at radius 3 is 1.63 bits per heavy atom. The molecule has 0 atom stereocenters. The number of likely N-dealkylation sites (tertiary alicyclic amines) is 1. The Morgan fingerprint density at radius 1 is 0.700 bits per heavy atom. The summed E-state index contributed by atoms with van der Waals surface area (Å²) in [6, 6.07) is 22.3. The molecule has 0 N–H and O–H groups in total. The van der Waals surface area contributed by atoms with E-state index in [9.17, 15) is 13.6 Å². The van der Waals surface area contributed by atoms with Crippen LogP contribution in [0.15, 0.2) is 90.0 Å². The maximum atomic E-state index is 13.2. The zero-order valence-corrected chi connectivity index (χ0v) is 16.4. The molecule has 0 aromatic heterocycles. The molecule has 0 bridgehead atoms. The summed E-state index contributed by atoms with van der Waals surface area (Å²) in [4.78, 5) is 15.4. The van der Waals surface area contributed by atoms with Gasteiger partial charge in [0.15, 0.2) is 5.78 Å². The van der Waals surface area contributed by atoms with Gasteiger partial charge < -0.3 is 0 Å². The number of benzene rings is 3. The van der Waals surface area contributed by atoms with Gasteiger partial charge in [-0.15, -0.1) is 0 Å². The van der Waals surface area contributed by atoms with Gasteiger partial charge in [0.1, 0.15) is 11.6 Å². The zero-order valence-electron chi connectivity index (χ0n) is 16.4. The Bertz CT molecular complexity index is 1020. The molecule has 1 heterocycles. The van der Waals surface area contributed by atoms with Crippen molar-refractivity contribution >= 4 is 17.9 Å². The topological polar surface area (TPSA) is 20.3 Å². The van der Waals surface area contributed by atoms with Crippen molar-refractivity contribution in [1.29, 1.82) is 0 Å². The van der Waals surface area contributed by atoms with Gasteiger partial charge in [0.05, 0.1) is 0 Å². The second kappa shape index (κ2) is 8.97. The molecule has 3 aromatic rings. The Balaban J connectivity index is 1.67. The molecule has 4 heteroatoms. The minimum Gasteiger partial charge on any atom is -0.290 e. The summed E-state index contributed by atoms with van der Waals surface area (Å²) in [5, 5.41) is 0. The third-order valence-corrected chi connectivity index (χ3v) is 5.04. The fourth-order valence-electron chi connectivity index (χ4n) is 3.58. The highest BCUT2D eigenvalue weighted by molar-refractivity contribution is 6.14. The van der Waals surface area contributed by atoms with Crippen LogP contribution in [0.4, 0.5) is 8.78 Å². The van der Waals surface area contributed by atoms with E-state index in [2.05, 4.69) is 17.0 Å². The second-order valence-corrected chi connectivity index (χ2v) is 7.40. The molecule has 0 saturated carbocycles. The van der Waals surface area contributed by atoms with Crippen molar-refractivity contribution in [2.45, 2.75) is 6.54 Å². The Labute approximate surface area is 174 Å². The number of hydrogen-bond acceptors (Lipinski definition) is 2. The van der Waals surface area contributed by atoms with Gasteiger partial charge in [-0.2, -0.15) is 0 Å². The number of hydrogen-bond donors (Lipinski definition) is 0. The molecule has 0 unspecified atom stereocenters. The maximum Gasteiger partial charge on any atom is 0.187 e. The van der Waals surface area contributed by atoms with Crippen LogP contribution in [-0.4, -0.2) is 23.8 Å². The van der Waals surface area contributed by atoms with Gasteiger partial charge in [0.25, 0.3) is 0 Å². The summed E-state index contributed by atoms with van der Waals surface area (Å²) in [5.74, 6) is -0.655. The summed E-state index contributed by atoms with van der Waals surface area (Å²) < 4.78 is 26.5. The van der Waals surface area contributed by atoms with Crippen molar-refractivity contribution in [2.75, 3.05) is 13.1 Å². The van der Waals surface area contributed by atoms with Gasteiger partial charge in [-0.05, 0) is 53.1 Å². The van der Waals surface area contributed by atoms with E-state index in [1.165, 1.54) is 24.3 Å². The molecule has 2 nitrogen and oxygen atoms in total. The monoisotopic (exact) mass is 401 g/mol. The molecular weight excluding hydrogens is 380 g/mol. The molecule has 0 radical (unpaired) electrons. The number of nitrogens with zero attached hydrogens (tertiary/aromatic N) is 1. The lowest BCUT2D eigenvalue weighted by molar-refractivity contribution is -0.113. The van der Waals surface area contributed by atoms with Crippen LogP contribution < -0.4 is 0 Å². The first-order valence-corrected chi connectivity index (χ1v) is 9.80. The maximum absolute atomic E-state index is 13.2. The number of halogens is 2. The van der Waals surface area contributed by atoms with Crippen LogP contribution in [0.25, 0.3) is 12.2 Å². The smallest absolute Gasteiger partial charge is 0.187 e. The summed E-state index contributed by atoms with van der Waals surface area (Å²) in [5.41, 5.74) is 4.02. The van der Waals surface area contributed by atoms with Gasteiger partial charge in [-0.3, -0.25) is 9.69 Å². The fourth-order valence-corrected chi connectivity index (χ4v) is 3.58. The molecule has 0 amide bonds. The summed E-state index contributed by atoms with van der Waals surface area (Å²) >= 11 is 0. The molecule has 1 aliphatic rings. The predicted molar refractivity (Wildman–Crippen MR) is 115 cm³/mol. The molecule has 4 rings (SSSR count). The highest BCUT2D eigenvalue weighted by Crippen LogP contribution is 2.24. The van der Waals surface area contributed by atoms with E-state index in [1.807, 2.05) is 30.4 Å². The number of rotatable bonds is 4. The molecule has 1 saturated heterocycles. The first kappa shape index (κ1) is 19.9. The zero-order chi connectivity index (χ0) is 20.9. The summed E-state index contributed by atoms with van der Waals surface area (Å²) in [6.07, 6.45) is 3.63. The Kier molecular flexibility index (Phi) is 5.96. The molecule has 1 fully saturated rings. The van der Waals surface area contributed by atoms with Crippen molar-refractivity contribution in [3.05, 3.63) is 118 Å². The van der Waals surface area contributed by atoms with Crippen molar-refractivity contribution in [1.82, 2.24) is 4.90 Å². The standard InChI is InChI=1S/C26H21F2NO/c27-24-10-6-19(7-11-24)14-22-17-29(16-21-4-2-1-3-5-21)18-23(26(22)30)15-20-8-12-25(28)13-9-20/h1-15H,16-18H2. The van der Waals surface area contributed by atoms with Crippen LogP contribution in [0, 0.1) is 11.6 Å². The average molecular weight is 401 g/mol. The largest absolute Gasteiger partial charge is 0.290 e. The van der Waals surface area contributed by atoms with E-state index in [0.717, 1.165) is 16.7 Å². The van der Waals surface area contributed by atoms with Crippen molar-refractivity contribution < 1.29 is 13.6 Å². The third-order valence-electron chi connectivity index (χ3n) is 5.04. The van der Waals surface area contributed by atoms with E-state index < -0.39 is 0 Å². The molecule has 0 aliphatic carbocycles. The minimum absolute atomic E-state index is 0.0343. The van der Waals surface area contributed by atoms with E-state index >= 15 is 0 Å². The van der Waals surface area contributed by atoms with Crippen LogP contribution in [0.3, 0.4) is 0 Å². The average Bonchev–Trinajstić information content (AvgIpc) is 2.75. The summed E-state index contributed by atoms with van der Waals surface area (Å²) in [6.45, 7) is 1.72. The lowest BCUT2D eigenvalue weighted by atomic mass is 9.94. The molecule has 150 valence electrons. The van der Waals surface area contributed by atoms with Crippen molar-refractivity contribution in [3.8, 4) is 0 Å².